The number of nitrogens with zero attached hydrogens (tertiary/aromatic N) is 1. The van der Waals surface area contributed by atoms with Gasteiger partial charge in [0.25, 0.3) is 0 Å². The van der Waals surface area contributed by atoms with E-state index in [0.29, 0.717) is 28.9 Å². The molecule has 0 fully saturated rings. The van der Waals surface area contributed by atoms with Gasteiger partial charge < -0.3 is 15.0 Å². The van der Waals surface area contributed by atoms with Gasteiger partial charge in [-0.3, -0.25) is 9.59 Å². The lowest BCUT2D eigenvalue weighted by atomic mass is 10.2. The Hall–Kier alpha value is -3.17. The number of aromatic nitrogens is 1. The maximum absolute atomic E-state index is 12.8. The molecule has 0 unspecified atom stereocenters. The third-order valence-electron chi connectivity index (χ3n) is 4.23. The number of anilines is 1. The molecule has 0 bridgehead atoms. The van der Waals surface area contributed by atoms with E-state index in [1.165, 1.54) is 31.3 Å². The molecule has 3 aromatic rings. The van der Waals surface area contributed by atoms with Gasteiger partial charge in [0.1, 0.15) is 5.75 Å². The molecule has 29 heavy (non-hydrogen) atoms. The fourth-order valence-corrected chi connectivity index (χ4v) is 3.96. The summed E-state index contributed by atoms with van der Waals surface area (Å²) in [5.41, 5.74) is 0.735. The van der Waals surface area contributed by atoms with E-state index in [1.807, 2.05) is 6.92 Å². The minimum absolute atomic E-state index is 0.0297. The molecular weight excluding hydrogens is 394 g/mol. The topological polar surface area (TPSA) is 109 Å². The van der Waals surface area contributed by atoms with Gasteiger partial charge >= 0.3 is 0 Å². The lowest BCUT2D eigenvalue weighted by Gasteiger charge is -2.18. The maximum atomic E-state index is 12.8. The number of hydrogen-bond donors (Lipinski definition) is 2. The van der Waals surface area contributed by atoms with E-state index in [0.717, 1.165) is 4.31 Å². The van der Waals surface area contributed by atoms with Crippen molar-refractivity contribution in [3.63, 3.8) is 0 Å². The molecule has 0 aliphatic heterocycles. The quantitative estimate of drug-likeness (QED) is 0.615. The highest BCUT2D eigenvalue weighted by Gasteiger charge is 2.23. The second kappa shape index (κ2) is 8.46. The standard InChI is InChI=1S/C20H21N3O5S/c1-3-28-18-7-5-4-6-17(18)22-20(25)13-23(2)29(26,27)15-9-10-16-14(12-15)8-11-19(24)21-16/h4-12H,3,13H2,1-2H3,(H,21,24)(H,22,25). The van der Waals surface area contributed by atoms with Crippen molar-refractivity contribution in [3.8, 4) is 5.75 Å². The molecule has 0 spiro atoms. The van der Waals surface area contributed by atoms with Crippen molar-refractivity contribution in [2.75, 3.05) is 25.5 Å². The SMILES string of the molecule is CCOc1ccccc1NC(=O)CN(C)S(=O)(=O)c1ccc2[nH]c(=O)ccc2c1. The molecule has 3 rings (SSSR count). The number of benzene rings is 2. The Kier molecular flexibility index (Phi) is 6.00. The van der Waals surface area contributed by atoms with E-state index in [-0.39, 0.29) is 17.0 Å². The fraction of sp³-hybridized carbons (Fsp3) is 0.200. The van der Waals surface area contributed by atoms with Crippen LogP contribution in [0.4, 0.5) is 5.69 Å². The number of pyridine rings is 1. The zero-order valence-electron chi connectivity index (χ0n) is 16.0. The van der Waals surface area contributed by atoms with E-state index in [2.05, 4.69) is 10.3 Å². The molecule has 0 saturated heterocycles. The highest BCUT2D eigenvalue weighted by atomic mass is 32.2. The predicted molar refractivity (Wildman–Crippen MR) is 111 cm³/mol. The molecule has 0 saturated carbocycles. The number of H-pyrrole nitrogens is 1. The molecule has 9 heteroatoms. The van der Waals surface area contributed by atoms with Gasteiger partial charge in [-0.1, -0.05) is 12.1 Å². The molecule has 1 aromatic heterocycles. The average Bonchev–Trinajstić information content (AvgIpc) is 2.69. The first-order valence-electron chi connectivity index (χ1n) is 8.92. The van der Waals surface area contributed by atoms with Gasteiger partial charge in [0.2, 0.25) is 21.5 Å². The lowest BCUT2D eigenvalue weighted by Crippen LogP contribution is -2.35. The number of fused-ring (bicyclic) bond motifs is 1. The zero-order valence-corrected chi connectivity index (χ0v) is 16.8. The van der Waals surface area contributed by atoms with E-state index < -0.39 is 15.9 Å². The smallest absolute Gasteiger partial charge is 0.248 e. The van der Waals surface area contributed by atoms with Crippen LogP contribution in [-0.4, -0.2) is 43.8 Å². The minimum atomic E-state index is -3.90. The average molecular weight is 415 g/mol. The lowest BCUT2D eigenvalue weighted by molar-refractivity contribution is -0.116. The highest BCUT2D eigenvalue weighted by molar-refractivity contribution is 7.89. The van der Waals surface area contributed by atoms with Crippen LogP contribution < -0.4 is 15.6 Å². The number of nitrogens with one attached hydrogen (secondary N) is 2. The Morgan fingerprint density at radius 2 is 1.90 bits per heavy atom. The Morgan fingerprint density at radius 1 is 1.14 bits per heavy atom. The first-order chi connectivity index (χ1) is 13.8. The number of ether oxygens (including phenoxy) is 1. The molecule has 0 aliphatic carbocycles. The first kappa shape index (κ1) is 20.6. The Balaban J connectivity index is 1.77. The van der Waals surface area contributed by atoms with Crippen LogP contribution in [0.5, 0.6) is 5.75 Å². The molecule has 1 heterocycles. The van der Waals surface area contributed by atoms with Gasteiger partial charge in [0, 0.05) is 18.6 Å². The summed E-state index contributed by atoms with van der Waals surface area (Å²) in [6.07, 6.45) is 0. The Bertz CT molecular complexity index is 1200. The van der Waals surface area contributed by atoms with E-state index in [1.54, 1.807) is 30.3 Å². The van der Waals surface area contributed by atoms with E-state index in [4.69, 9.17) is 4.74 Å². The molecule has 0 aliphatic rings. The van der Waals surface area contributed by atoms with Crippen molar-refractivity contribution in [1.29, 1.82) is 0 Å². The molecule has 0 radical (unpaired) electrons. The summed E-state index contributed by atoms with van der Waals surface area (Å²) in [6, 6.07) is 14.2. The minimum Gasteiger partial charge on any atom is -0.492 e. The van der Waals surface area contributed by atoms with Crippen molar-refractivity contribution in [1.82, 2.24) is 9.29 Å². The maximum Gasteiger partial charge on any atom is 0.248 e. The van der Waals surface area contributed by atoms with Gasteiger partial charge in [0.05, 0.1) is 23.7 Å². The van der Waals surface area contributed by atoms with Gasteiger partial charge in [0.15, 0.2) is 0 Å². The van der Waals surface area contributed by atoms with E-state index in [9.17, 15) is 18.0 Å². The number of carbonyl (C=O) groups excluding carboxylic acids is 1. The second-order valence-corrected chi connectivity index (χ2v) is 8.35. The summed E-state index contributed by atoms with van der Waals surface area (Å²) in [4.78, 5) is 26.4. The molecular formula is C20H21N3O5S. The van der Waals surface area contributed by atoms with Gasteiger partial charge in [-0.2, -0.15) is 4.31 Å². The number of aromatic amines is 1. The summed E-state index contributed by atoms with van der Waals surface area (Å²) >= 11 is 0. The number of likely N-dealkylation sites (N-methyl/N-ethyl adjacent to an activating group) is 1. The number of rotatable bonds is 7. The summed E-state index contributed by atoms with van der Waals surface area (Å²) in [7, 11) is -2.57. The van der Waals surface area contributed by atoms with Crippen LogP contribution in [0.2, 0.25) is 0 Å². The Labute approximate surface area is 168 Å². The number of para-hydroxylation sites is 2. The summed E-state index contributed by atoms with van der Waals surface area (Å²) in [5, 5.41) is 3.25. The van der Waals surface area contributed by atoms with Gasteiger partial charge in [-0.25, -0.2) is 8.42 Å². The molecule has 0 atom stereocenters. The molecule has 2 aromatic carbocycles. The molecule has 152 valence electrons. The number of carbonyl (C=O) groups is 1. The van der Waals surface area contributed by atoms with Crippen LogP contribution in [0, 0.1) is 0 Å². The largest absolute Gasteiger partial charge is 0.492 e. The van der Waals surface area contributed by atoms with Crippen LogP contribution >= 0.6 is 0 Å². The number of sulfonamides is 1. The van der Waals surface area contributed by atoms with Gasteiger partial charge in [-0.05, 0) is 48.7 Å². The summed E-state index contributed by atoms with van der Waals surface area (Å²) in [5.74, 6) is 0.0192. The monoisotopic (exact) mass is 415 g/mol. The van der Waals surface area contributed by atoms with Crippen LogP contribution in [0.3, 0.4) is 0 Å². The van der Waals surface area contributed by atoms with Crippen LogP contribution in [0.1, 0.15) is 6.92 Å². The predicted octanol–water partition coefficient (Wildman–Crippen LogP) is 2.19. The van der Waals surface area contributed by atoms with Crippen molar-refractivity contribution < 1.29 is 17.9 Å². The summed E-state index contributed by atoms with van der Waals surface area (Å²) in [6.45, 7) is 1.90. The van der Waals surface area contributed by atoms with Crippen LogP contribution in [-0.2, 0) is 14.8 Å². The Morgan fingerprint density at radius 3 is 2.66 bits per heavy atom. The second-order valence-electron chi connectivity index (χ2n) is 6.31. The third-order valence-corrected chi connectivity index (χ3v) is 6.03. The molecule has 2 N–H and O–H groups in total. The number of hydrogen-bond acceptors (Lipinski definition) is 5. The third kappa shape index (κ3) is 4.64. The highest BCUT2D eigenvalue weighted by Crippen LogP contribution is 2.24. The van der Waals surface area contributed by atoms with E-state index >= 15 is 0 Å². The normalized spacial score (nSPS) is 11.6. The van der Waals surface area contributed by atoms with Crippen molar-refractivity contribution in [2.24, 2.45) is 0 Å². The zero-order chi connectivity index (χ0) is 21.0. The van der Waals surface area contributed by atoms with Gasteiger partial charge in [-0.15, -0.1) is 0 Å². The van der Waals surface area contributed by atoms with Crippen LogP contribution in [0.15, 0.2) is 64.3 Å². The summed E-state index contributed by atoms with van der Waals surface area (Å²) < 4.78 is 32.1. The molecule has 8 nitrogen and oxygen atoms in total. The van der Waals surface area contributed by atoms with Crippen molar-refractivity contribution in [2.45, 2.75) is 11.8 Å². The first-order valence-corrected chi connectivity index (χ1v) is 10.4. The number of amides is 1. The van der Waals surface area contributed by atoms with Crippen LogP contribution in [0.25, 0.3) is 10.9 Å². The molecule has 1 amide bonds. The van der Waals surface area contributed by atoms with Crippen molar-refractivity contribution in [3.05, 3.63) is 65.0 Å². The fourth-order valence-electron chi connectivity index (χ4n) is 2.80. The van der Waals surface area contributed by atoms with Crippen molar-refractivity contribution >= 4 is 32.5 Å².